The minimum Gasteiger partial charge on any atom is -0.491 e. The Morgan fingerprint density at radius 3 is 3.00 bits per heavy atom. The molecule has 1 saturated heterocycles. The molecule has 1 fully saturated rings. The lowest BCUT2D eigenvalue weighted by molar-refractivity contribution is -0.0111. The summed E-state index contributed by atoms with van der Waals surface area (Å²) in [5.41, 5.74) is 1.00. The Hall–Kier alpha value is -0.250. The molecule has 0 radical (unpaired) electrons. The van der Waals surface area contributed by atoms with E-state index in [0.29, 0.717) is 11.9 Å². The Morgan fingerprint density at radius 1 is 1.41 bits per heavy atom. The summed E-state index contributed by atoms with van der Waals surface area (Å²) in [6.07, 6.45) is 3.71. The number of halogens is 2. The van der Waals surface area contributed by atoms with Gasteiger partial charge in [0.2, 0.25) is 0 Å². The van der Waals surface area contributed by atoms with Crippen molar-refractivity contribution in [3.05, 3.63) is 28.8 Å². The maximum absolute atomic E-state index is 6.11. The topological polar surface area (TPSA) is 18.5 Å². The van der Waals surface area contributed by atoms with Crippen molar-refractivity contribution >= 4 is 27.5 Å². The van der Waals surface area contributed by atoms with Crippen molar-refractivity contribution in [1.29, 1.82) is 0 Å². The monoisotopic (exact) mass is 318 g/mol. The van der Waals surface area contributed by atoms with Crippen molar-refractivity contribution < 1.29 is 9.47 Å². The van der Waals surface area contributed by atoms with Gasteiger partial charge in [0.25, 0.3) is 0 Å². The smallest absolute Gasteiger partial charge is 0.124 e. The van der Waals surface area contributed by atoms with Gasteiger partial charge in [0, 0.05) is 22.5 Å². The second-order valence-corrected chi connectivity index (χ2v) is 5.12. The molecule has 0 spiro atoms. The lowest BCUT2D eigenvalue weighted by Crippen LogP contribution is -2.26. The number of benzene rings is 1. The van der Waals surface area contributed by atoms with Gasteiger partial charge in [0.1, 0.15) is 12.4 Å². The van der Waals surface area contributed by atoms with Crippen molar-refractivity contribution in [2.45, 2.75) is 30.7 Å². The van der Waals surface area contributed by atoms with Gasteiger partial charge in [0.05, 0.1) is 6.10 Å². The largest absolute Gasteiger partial charge is 0.491 e. The molecule has 1 aliphatic heterocycles. The van der Waals surface area contributed by atoms with Crippen molar-refractivity contribution in [3.8, 4) is 5.75 Å². The van der Waals surface area contributed by atoms with Gasteiger partial charge in [-0.2, -0.15) is 0 Å². The Morgan fingerprint density at radius 2 is 2.29 bits per heavy atom. The molecule has 4 heteroatoms. The lowest BCUT2D eigenvalue weighted by atomic mass is 10.1. The van der Waals surface area contributed by atoms with Gasteiger partial charge in [-0.1, -0.05) is 33.6 Å². The first-order valence-electron chi connectivity index (χ1n) is 5.89. The zero-order chi connectivity index (χ0) is 12.1. The van der Waals surface area contributed by atoms with Crippen molar-refractivity contribution in [2.24, 2.45) is 0 Å². The highest BCUT2D eigenvalue weighted by Gasteiger charge is 2.15. The SMILES string of the molecule is Clc1cccc(OCC2CCCCO2)c1CBr. The third-order valence-corrected chi connectivity index (χ3v) is 3.82. The molecule has 1 aliphatic rings. The van der Waals surface area contributed by atoms with Crippen LogP contribution >= 0.6 is 27.5 Å². The third kappa shape index (κ3) is 3.60. The standard InChI is InChI=1S/C13H16BrClO2/c14-8-11-12(15)5-3-6-13(11)17-9-10-4-1-2-7-16-10/h3,5-6,10H,1-2,4,7-9H2. The number of rotatable bonds is 4. The molecule has 1 aromatic carbocycles. The molecule has 1 unspecified atom stereocenters. The Balaban J connectivity index is 1.95. The summed E-state index contributed by atoms with van der Waals surface area (Å²) in [5.74, 6) is 0.851. The van der Waals surface area contributed by atoms with E-state index in [2.05, 4.69) is 15.9 Å². The van der Waals surface area contributed by atoms with Crippen LogP contribution in [0, 0.1) is 0 Å². The molecule has 17 heavy (non-hydrogen) atoms. The Labute approximate surface area is 115 Å². The first kappa shape index (κ1) is 13.2. The van der Waals surface area contributed by atoms with Crippen LogP contribution in [0.4, 0.5) is 0 Å². The molecule has 0 bridgehead atoms. The van der Waals surface area contributed by atoms with Crippen LogP contribution < -0.4 is 4.74 Å². The normalized spacial score (nSPS) is 20.2. The van der Waals surface area contributed by atoms with Crippen LogP contribution in [0.15, 0.2) is 18.2 Å². The fourth-order valence-electron chi connectivity index (χ4n) is 1.93. The van der Waals surface area contributed by atoms with Crippen molar-refractivity contribution in [3.63, 3.8) is 0 Å². The van der Waals surface area contributed by atoms with Gasteiger partial charge >= 0.3 is 0 Å². The highest BCUT2D eigenvalue weighted by Crippen LogP contribution is 2.29. The zero-order valence-electron chi connectivity index (χ0n) is 9.62. The maximum atomic E-state index is 6.11. The summed E-state index contributed by atoms with van der Waals surface area (Å²) in [4.78, 5) is 0. The van der Waals surface area contributed by atoms with Gasteiger partial charge in [-0.3, -0.25) is 0 Å². The summed E-state index contributed by atoms with van der Waals surface area (Å²) in [6, 6.07) is 5.74. The Kier molecular flexibility index (Phi) is 5.14. The van der Waals surface area contributed by atoms with E-state index in [0.717, 1.165) is 29.4 Å². The molecule has 94 valence electrons. The predicted molar refractivity (Wildman–Crippen MR) is 73.2 cm³/mol. The first-order chi connectivity index (χ1) is 8.31. The van der Waals surface area contributed by atoms with E-state index in [4.69, 9.17) is 21.1 Å². The van der Waals surface area contributed by atoms with Gasteiger partial charge < -0.3 is 9.47 Å². The average Bonchev–Trinajstić information content (AvgIpc) is 2.37. The molecule has 2 nitrogen and oxygen atoms in total. The van der Waals surface area contributed by atoms with Crippen LogP contribution in [0.5, 0.6) is 5.75 Å². The Bertz CT molecular complexity index is 364. The molecule has 0 N–H and O–H groups in total. The van der Waals surface area contributed by atoms with E-state index in [1.54, 1.807) is 0 Å². The van der Waals surface area contributed by atoms with Crippen LogP contribution in [0.3, 0.4) is 0 Å². The number of ether oxygens (including phenoxy) is 2. The van der Waals surface area contributed by atoms with Crippen LogP contribution in [0.25, 0.3) is 0 Å². The third-order valence-electron chi connectivity index (χ3n) is 2.91. The molecular formula is C13H16BrClO2. The molecular weight excluding hydrogens is 303 g/mol. The van der Waals surface area contributed by atoms with Crippen LogP contribution in [-0.4, -0.2) is 19.3 Å². The number of hydrogen-bond acceptors (Lipinski definition) is 2. The summed E-state index contributed by atoms with van der Waals surface area (Å²) in [6.45, 7) is 1.47. The van der Waals surface area contributed by atoms with Gasteiger partial charge in [0.15, 0.2) is 0 Å². The van der Waals surface area contributed by atoms with E-state index >= 15 is 0 Å². The van der Waals surface area contributed by atoms with Crippen LogP contribution in [-0.2, 0) is 10.1 Å². The fourth-order valence-corrected chi connectivity index (χ4v) is 2.90. The maximum Gasteiger partial charge on any atom is 0.124 e. The quantitative estimate of drug-likeness (QED) is 0.775. The predicted octanol–water partition coefficient (Wildman–Crippen LogP) is 4.18. The fraction of sp³-hybridized carbons (Fsp3) is 0.538. The molecule has 0 saturated carbocycles. The van der Waals surface area contributed by atoms with E-state index in [9.17, 15) is 0 Å². The summed E-state index contributed by atoms with van der Waals surface area (Å²) < 4.78 is 11.4. The van der Waals surface area contributed by atoms with Gasteiger partial charge in [-0.15, -0.1) is 0 Å². The summed E-state index contributed by atoms with van der Waals surface area (Å²) in [5, 5.41) is 1.44. The minimum atomic E-state index is 0.228. The molecule has 1 heterocycles. The summed E-state index contributed by atoms with van der Waals surface area (Å²) in [7, 11) is 0. The molecule has 1 aromatic rings. The van der Waals surface area contributed by atoms with E-state index in [-0.39, 0.29) is 6.10 Å². The molecule has 0 aromatic heterocycles. The zero-order valence-corrected chi connectivity index (χ0v) is 12.0. The molecule has 1 atom stereocenters. The van der Waals surface area contributed by atoms with Crippen LogP contribution in [0.2, 0.25) is 5.02 Å². The molecule has 0 amide bonds. The van der Waals surface area contributed by atoms with E-state index < -0.39 is 0 Å². The van der Waals surface area contributed by atoms with Crippen LogP contribution in [0.1, 0.15) is 24.8 Å². The molecule has 2 rings (SSSR count). The highest BCUT2D eigenvalue weighted by molar-refractivity contribution is 9.08. The second-order valence-electron chi connectivity index (χ2n) is 4.15. The first-order valence-corrected chi connectivity index (χ1v) is 7.39. The van der Waals surface area contributed by atoms with E-state index in [1.807, 2.05) is 18.2 Å². The summed E-state index contributed by atoms with van der Waals surface area (Å²) >= 11 is 9.54. The highest BCUT2D eigenvalue weighted by atomic mass is 79.9. The minimum absolute atomic E-state index is 0.228. The van der Waals surface area contributed by atoms with Crippen molar-refractivity contribution in [2.75, 3.05) is 13.2 Å². The lowest BCUT2D eigenvalue weighted by Gasteiger charge is -2.23. The second kappa shape index (κ2) is 6.62. The number of hydrogen-bond donors (Lipinski definition) is 0. The van der Waals surface area contributed by atoms with Gasteiger partial charge in [-0.05, 0) is 31.4 Å². The van der Waals surface area contributed by atoms with E-state index in [1.165, 1.54) is 12.8 Å². The average molecular weight is 320 g/mol. The molecule has 0 aliphatic carbocycles. The van der Waals surface area contributed by atoms with Gasteiger partial charge in [-0.25, -0.2) is 0 Å². The van der Waals surface area contributed by atoms with Crippen molar-refractivity contribution in [1.82, 2.24) is 0 Å². The number of alkyl halides is 1.